The van der Waals surface area contributed by atoms with Gasteiger partial charge in [0.25, 0.3) is 5.91 Å². The van der Waals surface area contributed by atoms with Crippen molar-refractivity contribution < 1.29 is 19.4 Å². The number of nitrogens with one attached hydrogen (secondary N) is 1. The second-order valence-electron chi connectivity index (χ2n) is 4.26. The van der Waals surface area contributed by atoms with E-state index in [4.69, 9.17) is 27.9 Å². The molecule has 8 heteroatoms. The molecule has 5 nitrogen and oxygen atoms in total. The van der Waals surface area contributed by atoms with Crippen LogP contribution in [0.4, 0.5) is 0 Å². The number of amides is 1. The maximum absolute atomic E-state index is 12.0. The van der Waals surface area contributed by atoms with Gasteiger partial charge in [0.1, 0.15) is 6.10 Å². The highest BCUT2D eigenvalue weighted by Gasteiger charge is 2.32. The number of carbonyl (C=O) groups is 2. The average molecular weight is 366 g/mol. The zero-order chi connectivity index (χ0) is 16.7. The number of halogens is 2. The molecule has 0 bridgehead atoms. The van der Waals surface area contributed by atoms with E-state index in [2.05, 4.69) is 5.32 Å². The Morgan fingerprint density at radius 1 is 1.32 bits per heavy atom. The van der Waals surface area contributed by atoms with Gasteiger partial charge in [0.2, 0.25) is 0 Å². The second-order valence-corrected chi connectivity index (χ2v) is 6.23. The summed E-state index contributed by atoms with van der Waals surface area (Å²) >= 11 is 12.5. The van der Waals surface area contributed by atoms with Crippen LogP contribution in [-0.4, -0.2) is 40.7 Å². The van der Waals surface area contributed by atoms with Gasteiger partial charge in [0, 0.05) is 4.90 Å². The summed E-state index contributed by atoms with van der Waals surface area (Å²) in [7, 11) is 0. The largest absolute Gasteiger partial charge is 0.464 e. The molecule has 2 N–H and O–H groups in total. The van der Waals surface area contributed by atoms with Gasteiger partial charge in [-0.05, 0) is 30.9 Å². The summed E-state index contributed by atoms with van der Waals surface area (Å²) in [6.07, 6.45) is 0.653. The van der Waals surface area contributed by atoms with E-state index in [1.54, 1.807) is 43.0 Å². The fourth-order valence-electron chi connectivity index (χ4n) is 1.71. The SMILES string of the molecule is CCOC(=O)[C@H](NC(=O)C(Cl)Cl)[C@H](O)c1ccc(SC)cc1. The summed E-state index contributed by atoms with van der Waals surface area (Å²) in [4.78, 5) is 23.2. The van der Waals surface area contributed by atoms with E-state index in [9.17, 15) is 14.7 Å². The topological polar surface area (TPSA) is 75.6 Å². The molecular formula is C14H17Cl2NO4S. The van der Waals surface area contributed by atoms with Crippen LogP contribution >= 0.6 is 35.0 Å². The fraction of sp³-hybridized carbons (Fsp3) is 0.429. The molecule has 0 unspecified atom stereocenters. The predicted octanol–water partition coefficient (Wildman–Crippen LogP) is 2.29. The van der Waals surface area contributed by atoms with E-state index in [1.807, 2.05) is 6.26 Å². The first-order valence-electron chi connectivity index (χ1n) is 6.47. The van der Waals surface area contributed by atoms with Crippen molar-refractivity contribution in [2.24, 2.45) is 0 Å². The van der Waals surface area contributed by atoms with Gasteiger partial charge in [0.15, 0.2) is 10.9 Å². The summed E-state index contributed by atoms with van der Waals surface area (Å²) in [5, 5.41) is 12.7. The third-order valence-corrected chi connectivity index (χ3v) is 3.95. The summed E-state index contributed by atoms with van der Waals surface area (Å²) in [6.45, 7) is 1.75. The van der Waals surface area contributed by atoms with E-state index in [0.29, 0.717) is 5.56 Å². The van der Waals surface area contributed by atoms with Crippen LogP contribution in [0.15, 0.2) is 29.2 Å². The van der Waals surface area contributed by atoms with E-state index >= 15 is 0 Å². The number of hydrogen-bond acceptors (Lipinski definition) is 5. The normalized spacial score (nSPS) is 13.5. The molecule has 1 aromatic rings. The molecule has 0 saturated carbocycles. The summed E-state index contributed by atoms with van der Waals surface area (Å²) in [5.41, 5.74) is 0.469. The van der Waals surface area contributed by atoms with Crippen LogP contribution < -0.4 is 5.32 Å². The van der Waals surface area contributed by atoms with Crippen molar-refractivity contribution in [3.8, 4) is 0 Å². The average Bonchev–Trinajstić information content (AvgIpc) is 2.51. The molecule has 1 rings (SSSR count). The first kappa shape index (κ1) is 19.1. The van der Waals surface area contributed by atoms with Gasteiger partial charge in [-0.15, -0.1) is 11.8 Å². The third-order valence-electron chi connectivity index (χ3n) is 2.81. The van der Waals surface area contributed by atoms with Crippen molar-refractivity contribution in [2.45, 2.75) is 28.8 Å². The van der Waals surface area contributed by atoms with Crippen LogP contribution in [0.5, 0.6) is 0 Å². The molecule has 0 saturated heterocycles. The van der Waals surface area contributed by atoms with Crippen LogP contribution in [0.25, 0.3) is 0 Å². The molecule has 22 heavy (non-hydrogen) atoms. The van der Waals surface area contributed by atoms with E-state index in [-0.39, 0.29) is 6.61 Å². The van der Waals surface area contributed by atoms with Gasteiger partial charge < -0.3 is 15.2 Å². The number of aliphatic hydroxyl groups is 1. The van der Waals surface area contributed by atoms with Gasteiger partial charge in [0.05, 0.1) is 6.61 Å². The van der Waals surface area contributed by atoms with Crippen molar-refractivity contribution in [3.63, 3.8) is 0 Å². The van der Waals surface area contributed by atoms with Crippen LogP contribution in [0.1, 0.15) is 18.6 Å². The van der Waals surface area contributed by atoms with Gasteiger partial charge in [-0.1, -0.05) is 35.3 Å². The van der Waals surface area contributed by atoms with Gasteiger partial charge in [-0.3, -0.25) is 4.79 Å². The van der Waals surface area contributed by atoms with Crippen molar-refractivity contribution in [1.29, 1.82) is 0 Å². The maximum Gasteiger partial charge on any atom is 0.331 e. The lowest BCUT2D eigenvalue weighted by Gasteiger charge is -2.23. The molecule has 0 aliphatic rings. The smallest absolute Gasteiger partial charge is 0.331 e. The monoisotopic (exact) mass is 365 g/mol. The Bertz CT molecular complexity index is 510. The third kappa shape index (κ3) is 5.35. The number of alkyl halides is 2. The Balaban J connectivity index is 2.96. The molecule has 0 heterocycles. The summed E-state index contributed by atoms with van der Waals surface area (Å²) in [6, 6.07) is 5.67. The molecular weight excluding hydrogens is 349 g/mol. The predicted molar refractivity (Wildman–Crippen MR) is 87.2 cm³/mol. The molecule has 2 atom stereocenters. The first-order valence-corrected chi connectivity index (χ1v) is 8.57. The number of ether oxygens (including phenoxy) is 1. The second kappa shape index (κ2) is 9.25. The number of esters is 1. The van der Waals surface area contributed by atoms with Crippen molar-refractivity contribution in [1.82, 2.24) is 5.32 Å². The van der Waals surface area contributed by atoms with Crippen LogP contribution in [0.2, 0.25) is 0 Å². The minimum Gasteiger partial charge on any atom is -0.464 e. The molecule has 0 aliphatic carbocycles. The number of rotatable bonds is 7. The van der Waals surface area contributed by atoms with Gasteiger partial charge in [-0.2, -0.15) is 0 Å². The van der Waals surface area contributed by atoms with E-state index in [1.165, 1.54) is 0 Å². The van der Waals surface area contributed by atoms with Gasteiger partial charge in [-0.25, -0.2) is 4.79 Å². The van der Waals surface area contributed by atoms with Crippen molar-refractivity contribution in [2.75, 3.05) is 12.9 Å². The minimum atomic E-state index is -1.34. The number of hydrogen-bond donors (Lipinski definition) is 2. The molecule has 1 amide bonds. The lowest BCUT2D eigenvalue weighted by atomic mass is 10.0. The first-order chi connectivity index (χ1) is 10.4. The maximum atomic E-state index is 12.0. The summed E-state index contributed by atoms with van der Waals surface area (Å²) < 4.78 is 4.87. The highest BCUT2D eigenvalue weighted by molar-refractivity contribution is 7.98. The zero-order valence-corrected chi connectivity index (χ0v) is 14.4. The standard InChI is InChI=1S/C14H17Cl2NO4S/c1-3-21-14(20)10(17-13(19)12(15)16)11(18)8-4-6-9(22-2)7-5-8/h4-7,10-12,18H,3H2,1-2H3,(H,17,19)/t10-,11-/m1/s1. The lowest BCUT2D eigenvalue weighted by Crippen LogP contribution is -2.47. The molecule has 0 aromatic heterocycles. The quantitative estimate of drug-likeness (QED) is 0.440. The van der Waals surface area contributed by atoms with Crippen molar-refractivity contribution in [3.05, 3.63) is 29.8 Å². The molecule has 0 aliphatic heterocycles. The Kier molecular flexibility index (Phi) is 8.03. The highest BCUT2D eigenvalue weighted by atomic mass is 35.5. The molecule has 1 aromatic carbocycles. The lowest BCUT2D eigenvalue weighted by molar-refractivity contribution is -0.150. The Labute approximate surface area is 143 Å². The van der Waals surface area contributed by atoms with E-state index < -0.39 is 28.9 Å². The number of thioether (sulfide) groups is 1. The number of benzene rings is 1. The Morgan fingerprint density at radius 3 is 2.36 bits per heavy atom. The van der Waals surface area contributed by atoms with Crippen LogP contribution in [-0.2, 0) is 14.3 Å². The molecule has 122 valence electrons. The Morgan fingerprint density at radius 2 is 1.91 bits per heavy atom. The fourth-order valence-corrected chi connectivity index (χ4v) is 2.24. The van der Waals surface area contributed by atoms with Crippen LogP contribution in [0, 0.1) is 0 Å². The van der Waals surface area contributed by atoms with E-state index in [0.717, 1.165) is 4.90 Å². The van der Waals surface area contributed by atoms with Crippen LogP contribution in [0.3, 0.4) is 0 Å². The summed E-state index contributed by atoms with van der Waals surface area (Å²) in [5.74, 6) is -1.53. The van der Waals surface area contributed by atoms with Gasteiger partial charge >= 0.3 is 5.97 Å². The van der Waals surface area contributed by atoms with Crippen molar-refractivity contribution >= 4 is 46.8 Å². The number of aliphatic hydroxyl groups excluding tert-OH is 1. The minimum absolute atomic E-state index is 0.120. The molecule has 0 fully saturated rings. The number of carbonyl (C=O) groups excluding carboxylic acids is 2. The molecule has 0 spiro atoms. The molecule has 0 radical (unpaired) electrons. The Hall–Kier alpha value is -0.950. The zero-order valence-electron chi connectivity index (χ0n) is 12.1. The highest BCUT2D eigenvalue weighted by Crippen LogP contribution is 2.22.